The smallest absolute Gasteiger partial charge is 0.294 e. The van der Waals surface area contributed by atoms with Crippen LogP contribution in [-0.2, 0) is 12.3 Å². The van der Waals surface area contributed by atoms with E-state index in [-0.39, 0.29) is 11.1 Å². The molecular weight excluding hydrogens is 282 g/mol. The second-order valence-corrected chi connectivity index (χ2v) is 5.38. The summed E-state index contributed by atoms with van der Waals surface area (Å²) in [6.07, 6.45) is 1.46. The van der Waals surface area contributed by atoms with Gasteiger partial charge >= 0.3 is 0 Å². The van der Waals surface area contributed by atoms with Gasteiger partial charge in [0.2, 0.25) is 0 Å². The van der Waals surface area contributed by atoms with Gasteiger partial charge in [-0.25, -0.2) is 0 Å². The minimum absolute atomic E-state index is 0.0565. The maximum Gasteiger partial charge on any atom is 0.294 e. The van der Waals surface area contributed by atoms with Crippen molar-refractivity contribution >= 4 is 0 Å². The SMILES string of the molecule is C/C(=C\C(O)CCc1ccccc1)C(F)(F)c1ccccc1. The fraction of sp³-hybridized carbons (Fsp3) is 0.263. The van der Waals surface area contributed by atoms with Crippen molar-refractivity contribution < 1.29 is 13.9 Å². The number of hydrogen-bond acceptors (Lipinski definition) is 1. The highest BCUT2D eigenvalue weighted by molar-refractivity contribution is 5.29. The number of halogens is 2. The van der Waals surface area contributed by atoms with Crippen molar-refractivity contribution in [3.05, 3.63) is 83.4 Å². The van der Waals surface area contributed by atoms with E-state index in [0.717, 1.165) is 5.56 Å². The Labute approximate surface area is 129 Å². The Morgan fingerprint density at radius 1 is 1.05 bits per heavy atom. The zero-order valence-electron chi connectivity index (χ0n) is 12.5. The first-order valence-corrected chi connectivity index (χ1v) is 7.34. The van der Waals surface area contributed by atoms with Gasteiger partial charge in [-0.3, -0.25) is 0 Å². The summed E-state index contributed by atoms with van der Waals surface area (Å²) in [5.41, 5.74) is 0.903. The van der Waals surface area contributed by atoms with Crippen LogP contribution in [0.2, 0.25) is 0 Å². The fourth-order valence-corrected chi connectivity index (χ4v) is 2.31. The molecule has 1 unspecified atom stereocenters. The number of benzene rings is 2. The van der Waals surface area contributed by atoms with E-state index in [1.54, 1.807) is 18.2 Å². The van der Waals surface area contributed by atoms with Crippen LogP contribution in [0.1, 0.15) is 24.5 Å². The van der Waals surface area contributed by atoms with E-state index >= 15 is 0 Å². The molecule has 0 aliphatic rings. The molecule has 1 nitrogen and oxygen atoms in total. The summed E-state index contributed by atoms with van der Waals surface area (Å²) in [7, 11) is 0. The largest absolute Gasteiger partial charge is 0.389 e. The van der Waals surface area contributed by atoms with Crippen molar-refractivity contribution in [3.63, 3.8) is 0 Å². The first-order chi connectivity index (χ1) is 10.5. The van der Waals surface area contributed by atoms with Gasteiger partial charge in [-0.2, -0.15) is 8.78 Å². The first kappa shape index (κ1) is 16.4. The lowest BCUT2D eigenvalue weighted by molar-refractivity contribution is 0.0359. The van der Waals surface area contributed by atoms with Gasteiger partial charge in [0.15, 0.2) is 0 Å². The molecule has 0 fully saturated rings. The van der Waals surface area contributed by atoms with Crippen LogP contribution in [0.3, 0.4) is 0 Å². The summed E-state index contributed by atoms with van der Waals surface area (Å²) < 4.78 is 28.6. The number of aryl methyl sites for hydroxylation is 1. The average Bonchev–Trinajstić information content (AvgIpc) is 2.54. The Morgan fingerprint density at radius 2 is 1.59 bits per heavy atom. The lowest BCUT2D eigenvalue weighted by Gasteiger charge is -2.19. The van der Waals surface area contributed by atoms with Gasteiger partial charge in [-0.15, -0.1) is 0 Å². The average molecular weight is 302 g/mol. The topological polar surface area (TPSA) is 20.2 Å². The summed E-state index contributed by atoms with van der Waals surface area (Å²) in [5.74, 6) is -3.06. The minimum atomic E-state index is -3.06. The molecule has 116 valence electrons. The van der Waals surface area contributed by atoms with E-state index in [4.69, 9.17) is 0 Å². The quantitative estimate of drug-likeness (QED) is 0.766. The van der Waals surface area contributed by atoms with Crippen LogP contribution in [0.4, 0.5) is 8.78 Å². The van der Waals surface area contributed by atoms with Crippen molar-refractivity contribution in [2.45, 2.75) is 31.8 Å². The third-order valence-corrected chi connectivity index (χ3v) is 3.65. The summed E-state index contributed by atoms with van der Waals surface area (Å²) in [6.45, 7) is 1.36. The van der Waals surface area contributed by atoms with Gasteiger partial charge in [0.1, 0.15) is 0 Å². The standard InChI is InChI=1S/C19H20F2O/c1-15(19(20,21)17-10-6-3-7-11-17)14-18(22)13-12-16-8-4-2-5-9-16/h2-11,14,18,22H,12-13H2,1H3/b15-14+. The lowest BCUT2D eigenvalue weighted by Crippen LogP contribution is -2.17. The molecule has 2 rings (SSSR count). The Morgan fingerprint density at radius 3 is 2.18 bits per heavy atom. The Kier molecular flexibility index (Phi) is 5.45. The molecule has 0 amide bonds. The number of rotatable bonds is 6. The number of aliphatic hydroxyl groups excluding tert-OH is 1. The van der Waals surface area contributed by atoms with Gasteiger partial charge in [0, 0.05) is 5.56 Å². The molecule has 1 N–H and O–H groups in total. The lowest BCUT2D eigenvalue weighted by atomic mass is 9.98. The predicted octanol–water partition coefficient (Wildman–Crippen LogP) is 4.72. The van der Waals surface area contributed by atoms with Crippen molar-refractivity contribution in [3.8, 4) is 0 Å². The van der Waals surface area contributed by atoms with Gasteiger partial charge in [0.25, 0.3) is 5.92 Å². The number of aliphatic hydroxyl groups is 1. The van der Waals surface area contributed by atoms with Crippen molar-refractivity contribution in [2.75, 3.05) is 0 Å². The molecule has 1 atom stereocenters. The Balaban J connectivity index is 2.01. The Hall–Kier alpha value is -2.00. The monoisotopic (exact) mass is 302 g/mol. The van der Waals surface area contributed by atoms with Gasteiger partial charge < -0.3 is 5.11 Å². The molecule has 0 saturated heterocycles. The third kappa shape index (κ3) is 4.25. The molecule has 2 aromatic rings. The fourth-order valence-electron chi connectivity index (χ4n) is 2.31. The molecule has 0 bridgehead atoms. The molecule has 22 heavy (non-hydrogen) atoms. The van der Waals surface area contributed by atoms with E-state index in [1.807, 2.05) is 30.3 Å². The molecule has 2 aromatic carbocycles. The molecule has 0 radical (unpaired) electrons. The minimum Gasteiger partial charge on any atom is -0.389 e. The number of hydrogen-bond donors (Lipinski definition) is 1. The van der Waals surface area contributed by atoms with Crippen LogP contribution in [0.15, 0.2) is 72.3 Å². The highest BCUT2D eigenvalue weighted by Gasteiger charge is 2.33. The maximum absolute atomic E-state index is 14.3. The summed E-state index contributed by atoms with van der Waals surface area (Å²) >= 11 is 0. The van der Waals surface area contributed by atoms with Gasteiger partial charge in [-0.05, 0) is 30.9 Å². The van der Waals surface area contributed by atoms with Crippen LogP contribution in [0.5, 0.6) is 0 Å². The molecule has 0 heterocycles. The van der Waals surface area contributed by atoms with E-state index in [1.165, 1.54) is 25.1 Å². The summed E-state index contributed by atoms with van der Waals surface area (Å²) in [6, 6.07) is 17.4. The predicted molar refractivity (Wildman–Crippen MR) is 84.9 cm³/mol. The van der Waals surface area contributed by atoms with E-state index < -0.39 is 12.0 Å². The highest BCUT2D eigenvalue weighted by Crippen LogP contribution is 2.35. The summed E-state index contributed by atoms with van der Waals surface area (Å²) in [5, 5.41) is 9.98. The van der Waals surface area contributed by atoms with Crippen LogP contribution in [-0.4, -0.2) is 11.2 Å². The van der Waals surface area contributed by atoms with Gasteiger partial charge in [-0.1, -0.05) is 66.7 Å². The van der Waals surface area contributed by atoms with E-state index in [0.29, 0.717) is 12.8 Å². The van der Waals surface area contributed by atoms with Crippen molar-refractivity contribution in [2.24, 2.45) is 0 Å². The van der Waals surface area contributed by atoms with E-state index in [9.17, 15) is 13.9 Å². The number of alkyl halides is 2. The first-order valence-electron chi connectivity index (χ1n) is 7.34. The van der Waals surface area contributed by atoms with Crippen molar-refractivity contribution in [1.82, 2.24) is 0 Å². The molecule has 0 aliphatic heterocycles. The molecule has 0 spiro atoms. The maximum atomic E-state index is 14.3. The van der Waals surface area contributed by atoms with Crippen LogP contribution >= 0.6 is 0 Å². The molecule has 0 saturated carbocycles. The zero-order chi connectivity index (χ0) is 16.0. The Bertz CT molecular complexity index is 606. The molecular formula is C19H20F2O. The van der Waals surface area contributed by atoms with E-state index in [2.05, 4.69) is 0 Å². The molecule has 3 heteroatoms. The van der Waals surface area contributed by atoms with Crippen molar-refractivity contribution in [1.29, 1.82) is 0 Å². The second-order valence-electron chi connectivity index (χ2n) is 5.38. The van der Waals surface area contributed by atoms with Gasteiger partial charge in [0.05, 0.1) is 6.10 Å². The summed E-state index contributed by atoms with van der Waals surface area (Å²) in [4.78, 5) is 0. The molecule has 0 aromatic heterocycles. The molecule has 0 aliphatic carbocycles. The zero-order valence-corrected chi connectivity index (χ0v) is 12.5. The highest BCUT2D eigenvalue weighted by atomic mass is 19.3. The van der Waals surface area contributed by atoms with Crippen LogP contribution < -0.4 is 0 Å². The third-order valence-electron chi connectivity index (χ3n) is 3.65. The van der Waals surface area contributed by atoms with Crippen LogP contribution in [0.25, 0.3) is 0 Å². The number of allylic oxidation sites excluding steroid dienone is 1. The second kappa shape index (κ2) is 7.32. The normalized spacial score (nSPS) is 13.9. The van der Waals surface area contributed by atoms with Crippen LogP contribution in [0, 0.1) is 0 Å².